The summed E-state index contributed by atoms with van der Waals surface area (Å²) in [5, 5.41) is 2.95. The zero-order valence-electron chi connectivity index (χ0n) is 10.3. The maximum Gasteiger partial charge on any atom is 0.267 e. The molecule has 0 aliphatic carbocycles. The molecule has 2 rings (SSSR count). The van der Waals surface area contributed by atoms with Crippen LogP contribution in [-0.2, 0) is 10.0 Å². The molecule has 1 aromatic rings. The minimum atomic E-state index is -3.55. The Kier molecular flexibility index (Phi) is 3.51. The zero-order valence-corrected chi connectivity index (χ0v) is 11.2. The number of aromatic nitrogens is 1. The second kappa shape index (κ2) is 4.93. The number of nitrogens with zero attached hydrogens (tertiary/aromatic N) is 2. The third-order valence-corrected chi connectivity index (χ3v) is 3.90. The van der Waals surface area contributed by atoms with Crippen molar-refractivity contribution >= 4 is 21.7 Å². The van der Waals surface area contributed by atoms with Crippen molar-refractivity contribution in [1.82, 2.24) is 9.71 Å². The van der Waals surface area contributed by atoms with E-state index in [0.29, 0.717) is 18.2 Å². The Balaban J connectivity index is 2.22. The maximum absolute atomic E-state index is 11.9. The molecule has 0 aromatic carbocycles. The number of rotatable bonds is 3. The predicted octanol–water partition coefficient (Wildman–Crippen LogP) is 1.19. The van der Waals surface area contributed by atoms with E-state index in [4.69, 9.17) is 0 Å². The van der Waals surface area contributed by atoms with E-state index in [-0.39, 0.29) is 10.9 Å². The number of nitrogens with one attached hydrogen (secondary N) is 2. The molecule has 1 aromatic heterocycles. The van der Waals surface area contributed by atoms with Crippen molar-refractivity contribution < 1.29 is 8.42 Å². The van der Waals surface area contributed by atoms with E-state index >= 15 is 0 Å². The standard InChI is InChI=1S/C11H16N4O2S/c1-8(2)3-6-13-11-14-9-4-5-12-7-10(9)18(16,17)15-11/h4-5,7-8H,3,6H2,1-2H3,(H2,13,14,15). The third kappa shape index (κ3) is 2.79. The molecule has 0 saturated carbocycles. The Bertz CT molecular complexity index is 566. The topological polar surface area (TPSA) is 83.5 Å². The molecule has 1 aliphatic rings. The lowest BCUT2D eigenvalue weighted by molar-refractivity contribution is 0.588. The average molecular weight is 268 g/mol. The van der Waals surface area contributed by atoms with Gasteiger partial charge in [-0.3, -0.25) is 9.98 Å². The highest BCUT2D eigenvalue weighted by Gasteiger charge is 2.26. The molecule has 0 atom stereocenters. The van der Waals surface area contributed by atoms with Crippen LogP contribution in [0.2, 0.25) is 0 Å². The van der Waals surface area contributed by atoms with Crippen molar-refractivity contribution in [2.24, 2.45) is 10.9 Å². The summed E-state index contributed by atoms with van der Waals surface area (Å²) in [7, 11) is -3.55. The molecule has 98 valence electrons. The monoisotopic (exact) mass is 268 g/mol. The van der Waals surface area contributed by atoms with Crippen molar-refractivity contribution in [2.45, 2.75) is 25.2 Å². The van der Waals surface area contributed by atoms with Crippen molar-refractivity contribution in [3.05, 3.63) is 18.5 Å². The normalized spacial score (nSPS) is 19.2. The first-order chi connectivity index (χ1) is 8.49. The fourth-order valence-corrected chi connectivity index (χ4v) is 2.63. The van der Waals surface area contributed by atoms with Crippen LogP contribution in [0.4, 0.5) is 5.69 Å². The number of fused-ring (bicyclic) bond motifs is 1. The molecule has 0 bridgehead atoms. The number of sulfonamides is 1. The molecule has 0 saturated heterocycles. The van der Waals surface area contributed by atoms with Crippen molar-refractivity contribution in [1.29, 1.82) is 0 Å². The molecule has 6 nitrogen and oxygen atoms in total. The van der Waals surface area contributed by atoms with Crippen LogP contribution in [0.15, 0.2) is 28.3 Å². The van der Waals surface area contributed by atoms with E-state index in [0.717, 1.165) is 6.42 Å². The number of anilines is 1. The van der Waals surface area contributed by atoms with E-state index in [1.807, 2.05) is 0 Å². The minimum absolute atomic E-state index is 0.146. The lowest BCUT2D eigenvalue weighted by Gasteiger charge is -2.20. The van der Waals surface area contributed by atoms with E-state index in [9.17, 15) is 8.42 Å². The number of hydrogen-bond donors (Lipinski definition) is 2. The van der Waals surface area contributed by atoms with Crippen LogP contribution in [0.1, 0.15) is 20.3 Å². The highest BCUT2D eigenvalue weighted by molar-refractivity contribution is 7.90. The first-order valence-electron chi connectivity index (χ1n) is 5.77. The lowest BCUT2D eigenvalue weighted by atomic mass is 10.1. The van der Waals surface area contributed by atoms with Gasteiger partial charge in [-0.25, -0.2) is 13.1 Å². The summed E-state index contributed by atoms with van der Waals surface area (Å²) in [4.78, 5) is 8.16. The summed E-state index contributed by atoms with van der Waals surface area (Å²) in [5.41, 5.74) is 0.507. The van der Waals surface area contributed by atoms with Gasteiger partial charge in [0.15, 0.2) is 0 Å². The Labute approximate surface area is 107 Å². The van der Waals surface area contributed by atoms with E-state index in [1.54, 1.807) is 12.3 Å². The number of guanidine groups is 1. The number of aliphatic imine (C=N–C) groups is 1. The highest BCUT2D eigenvalue weighted by Crippen LogP contribution is 2.22. The number of pyridine rings is 1. The van der Waals surface area contributed by atoms with Gasteiger partial charge < -0.3 is 5.32 Å². The SMILES string of the molecule is CC(C)CCN=C1Nc2ccncc2S(=O)(=O)N1. The molecule has 0 fully saturated rings. The summed E-state index contributed by atoms with van der Waals surface area (Å²) in [5.74, 6) is 0.806. The lowest BCUT2D eigenvalue weighted by Crippen LogP contribution is -2.40. The van der Waals surface area contributed by atoms with Crippen LogP contribution in [0, 0.1) is 5.92 Å². The van der Waals surface area contributed by atoms with Crippen molar-refractivity contribution in [3.63, 3.8) is 0 Å². The Morgan fingerprint density at radius 2 is 2.22 bits per heavy atom. The quantitative estimate of drug-likeness (QED) is 0.862. The van der Waals surface area contributed by atoms with Gasteiger partial charge in [0, 0.05) is 18.9 Å². The average Bonchev–Trinajstić information content (AvgIpc) is 2.27. The van der Waals surface area contributed by atoms with Crippen LogP contribution in [0.25, 0.3) is 0 Å². The van der Waals surface area contributed by atoms with Crippen LogP contribution >= 0.6 is 0 Å². The zero-order chi connectivity index (χ0) is 13.2. The summed E-state index contributed by atoms with van der Waals surface area (Å²) in [6, 6.07) is 1.62. The molecule has 2 heterocycles. The van der Waals surface area contributed by atoms with Crippen molar-refractivity contribution in [2.75, 3.05) is 11.9 Å². The Morgan fingerprint density at radius 3 is 2.94 bits per heavy atom. The number of hydrogen-bond acceptors (Lipinski definition) is 4. The molecular formula is C11H16N4O2S. The van der Waals surface area contributed by atoms with Gasteiger partial charge in [0.05, 0.1) is 5.69 Å². The molecule has 7 heteroatoms. The maximum atomic E-state index is 11.9. The van der Waals surface area contributed by atoms with Crippen LogP contribution in [0.5, 0.6) is 0 Å². The van der Waals surface area contributed by atoms with Gasteiger partial charge in [-0.2, -0.15) is 0 Å². The van der Waals surface area contributed by atoms with Gasteiger partial charge in [-0.1, -0.05) is 13.8 Å². The van der Waals surface area contributed by atoms with E-state index < -0.39 is 10.0 Å². The van der Waals surface area contributed by atoms with Crippen LogP contribution in [-0.4, -0.2) is 25.9 Å². The first kappa shape index (κ1) is 12.8. The fourth-order valence-electron chi connectivity index (χ4n) is 1.54. The summed E-state index contributed by atoms with van der Waals surface area (Å²) in [6.45, 7) is 4.78. The molecule has 1 aliphatic heterocycles. The minimum Gasteiger partial charge on any atom is -0.324 e. The first-order valence-corrected chi connectivity index (χ1v) is 7.25. The molecule has 0 unspecified atom stereocenters. The van der Waals surface area contributed by atoms with Gasteiger partial charge in [0.2, 0.25) is 5.96 Å². The molecule has 18 heavy (non-hydrogen) atoms. The van der Waals surface area contributed by atoms with Gasteiger partial charge in [-0.15, -0.1) is 0 Å². The van der Waals surface area contributed by atoms with Gasteiger partial charge >= 0.3 is 0 Å². The molecule has 0 radical (unpaired) electrons. The van der Waals surface area contributed by atoms with Crippen LogP contribution < -0.4 is 10.0 Å². The fraction of sp³-hybridized carbons (Fsp3) is 0.455. The third-order valence-electron chi connectivity index (χ3n) is 2.53. The van der Waals surface area contributed by atoms with Crippen LogP contribution in [0.3, 0.4) is 0 Å². The molecule has 0 spiro atoms. The van der Waals surface area contributed by atoms with Gasteiger partial charge in [-0.05, 0) is 18.4 Å². The van der Waals surface area contributed by atoms with E-state index in [1.165, 1.54) is 6.20 Å². The van der Waals surface area contributed by atoms with Gasteiger partial charge in [0.1, 0.15) is 4.90 Å². The van der Waals surface area contributed by atoms with E-state index in [2.05, 4.69) is 33.9 Å². The molecule has 0 amide bonds. The Hall–Kier alpha value is -1.63. The van der Waals surface area contributed by atoms with Crippen molar-refractivity contribution in [3.8, 4) is 0 Å². The highest BCUT2D eigenvalue weighted by atomic mass is 32.2. The summed E-state index contributed by atoms with van der Waals surface area (Å²) >= 11 is 0. The summed E-state index contributed by atoms with van der Waals surface area (Å²) < 4.78 is 26.2. The Morgan fingerprint density at radius 1 is 1.44 bits per heavy atom. The summed E-state index contributed by atoms with van der Waals surface area (Å²) in [6.07, 6.45) is 3.77. The molecule has 2 N–H and O–H groups in total. The second-order valence-electron chi connectivity index (χ2n) is 4.52. The molecular weight excluding hydrogens is 252 g/mol. The van der Waals surface area contributed by atoms with Gasteiger partial charge in [0.25, 0.3) is 10.0 Å². The predicted molar refractivity (Wildman–Crippen MR) is 69.9 cm³/mol. The second-order valence-corrected chi connectivity index (χ2v) is 6.17. The largest absolute Gasteiger partial charge is 0.324 e. The smallest absolute Gasteiger partial charge is 0.267 e.